The fourth-order valence-electron chi connectivity index (χ4n) is 3.89. The van der Waals surface area contributed by atoms with E-state index < -0.39 is 0 Å². The van der Waals surface area contributed by atoms with Crippen LogP contribution in [0.4, 0.5) is 0 Å². The van der Waals surface area contributed by atoms with E-state index in [0.29, 0.717) is 29.3 Å². The van der Waals surface area contributed by atoms with Gasteiger partial charge in [-0.15, -0.1) is 11.3 Å². The van der Waals surface area contributed by atoms with E-state index in [1.807, 2.05) is 43.3 Å². The minimum absolute atomic E-state index is 0.195. The predicted octanol–water partition coefficient (Wildman–Crippen LogP) is 5.44. The van der Waals surface area contributed by atoms with Crippen molar-refractivity contribution in [3.63, 3.8) is 0 Å². The monoisotopic (exact) mass is 461 g/mol. The molecule has 0 aliphatic rings. The summed E-state index contributed by atoms with van der Waals surface area (Å²) in [6.45, 7) is 6.40. The number of fused-ring (bicyclic) bond motifs is 1. The van der Waals surface area contributed by atoms with Crippen molar-refractivity contribution in [2.24, 2.45) is 5.92 Å². The molecule has 2 amide bonds. The lowest BCUT2D eigenvalue weighted by atomic mass is 10.0. The van der Waals surface area contributed by atoms with E-state index in [1.54, 1.807) is 24.5 Å². The molecular formula is C26H27N3O3S. The van der Waals surface area contributed by atoms with Crippen LogP contribution in [0.1, 0.15) is 46.1 Å². The number of furan rings is 1. The van der Waals surface area contributed by atoms with Crippen LogP contribution >= 0.6 is 11.3 Å². The molecule has 4 rings (SSSR count). The second kappa shape index (κ2) is 10.0. The molecule has 0 unspecified atom stereocenters. The van der Waals surface area contributed by atoms with Crippen LogP contribution in [0.2, 0.25) is 0 Å². The lowest BCUT2D eigenvalue weighted by molar-refractivity contribution is 0.0901. The Bertz CT molecular complexity index is 1260. The first kappa shape index (κ1) is 22.7. The Kier molecular flexibility index (Phi) is 6.89. The van der Waals surface area contributed by atoms with Gasteiger partial charge >= 0.3 is 0 Å². The molecule has 0 aliphatic heterocycles. The molecule has 6 nitrogen and oxygen atoms in total. The highest BCUT2D eigenvalue weighted by Crippen LogP contribution is 2.30. The molecule has 0 saturated heterocycles. The summed E-state index contributed by atoms with van der Waals surface area (Å²) >= 11 is 1.50. The first-order chi connectivity index (χ1) is 15.9. The van der Waals surface area contributed by atoms with Crippen molar-refractivity contribution in [1.29, 1.82) is 0 Å². The summed E-state index contributed by atoms with van der Waals surface area (Å²) < 4.78 is 5.40. The molecular weight excluding hydrogens is 434 g/mol. The van der Waals surface area contributed by atoms with Gasteiger partial charge < -0.3 is 15.1 Å². The zero-order valence-electron chi connectivity index (χ0n) is 18.9. The zero-order chi connectivity index (χ0) is 23.4. The smallest absolute Gasteiger partial charge is 0.271 e. The molecule has 0 aliphatic carbocycles. The Balaban J connectivity index is 1.49. The van der Waals surface area contributed by atoms with Crippen molar-refractivity contribution in [1.82, 2.24) is 15.6 Å². The van der Waals surface area contributed by atoms with E-state index in [9.17, 15) is 9.59 Å². The van der Waals surface area contributed by atoms with Crippen molar-refractivity contribution < 1.29 is 14.0 Å². The lowest BCUT2D eigenvalue weighted by Crippen LogP contribution is -2.44. The van der Waals surface area contributed by atoms with Gasteiger partial charge in [-0.25, -0.2) is 4.98 Å². The van der Waals surface area contributed by atoms with Gasteiger partial charge in [0.2, 0.25) is 0 Å². The number of aromatic nitrogens is 1. The normalized spacial score (nSPS) is 12.1. The first-order valence-electron chi connectivity index (χ1n) is 11.0. The minimum atomic E-state index is -0.227. The van der Waals surface area contributed by atoms with Gasteiger partial charge in [0.25, 0.3) is 11.8 Å². The minimum Gasteiger partial charge on any atom is -0.464 e. The van der Waals surface area contributed by atoms with Gasteiger partial charge in [-0.05, 0) is 43.0 Å². The molecule has 0 spiro atoms. The summed E-state index contributed by atoms with van der Waals surface area (Å²) in [4.78, 5) is 31.4. The highest BCUT2D eigenvalue weighted by atomic mass is 32.1. The number of hydrogen-bond acceptors (Lipinski definition) is 5. The number of thiazole rings is 1. The van der Waals surface area contributed by atoms with Gasteiger partial charge in [-0.1, -0.05) is 50.2 Å². The Morgan fingerprint density at radius 1 is 1.03 bits per heavy atom. The highest BCUT2D eigenvalue weighted by Gasteiger charge is 2.22. The maximum absolute atomic E-state index is 13.2. The van der Waals surface area contributed by atoms with Gasteiger partial charge in [0.1, 0.15) is 11.3 Å². The average molecular weight is 462 g/mol. The maximum atomic E-state index is 13.2. The van der Waals surface area contributed by atoms with Crippen molar-refractivity contribution in [3.05, 3.63) is 77.1 Å². The van der Waals surface area contributed by atoms with Crippen molar-refractivity contribution in [2.45, 2.75) is 33.2 Å². The predicted molar refractivity (Wildman–Crippen MR) is 132 cm³/mol. The molecule has 0 saturated carbocycles. The Morgan fingerprint density at radius 2 is 1.82 bits per heavy atom. The van der Waals surface area contributed by atoms with Crippen LogP contribution in [0.5, 0.6) is 0 Å². The standard InChI is InChI=1S/C26H27N3O3S/c1-16(2)14-19(15-27-25(30)21-10-7-11-22-20(21)12-13-32-22)29-26(31)23-24(33-17(3)28-23)18-8-5-4-6-9-18/h4-13,16,19H,14-15H2,1-3H3,(H,27,30)(H,29,31)/t19-/m0/s1. The third-order valence-corrected chi connectivity index (χ3v) is 6.35. The zero-order valence-corrected chi connectivity index (χ0v) is 19.7. The van der Waals surface area contributed by atoms with Gasteiger partial charge in [0, 0.05) is 18.0 Å². The van der Waals surface area contributed by atoms with Crippen LogP contribution in [0, 0.1) is 12.8 Å². The Labute approximate surface area is 197 Å². The molecule has 0 bridgehead atoms. The Morgan fingerprint density at radius 3 is 2.58 bits per heavy atom. The van der Waals surface area contributed by atoms with Crippen molar-refractivity contribution in [2.75, 3.05) is 6.54 Å². The van der Waals surface area contributed by atoms with Crippen LogP contribution in [0.15, 0.2) is 65.3 Å². The summed E-state index contributed by atoms with van der Waals surface area (Å²) in [7, 11) is 0. The lowest BCUT2D eigenvalue weighted by Gasteiger charge is -2.21. The van der Waals surface area contributed by atoms with Crippen LogP contribution in [-0.2, 0) is 0 Å². The fraction of sp³-hybridized carbons (Fsp3) is 0.269. The quantitative estimate of drug-likeness (QED) is 0.366. The second-order valence-electron chi connectivity index (χ2n) is 8.42. The molecule has 0 radical (unpaired) electrons. The number of carbonyl (C=O) groups is 2. The van der Waals surface area contributed by atoms with Gasteiger partial charge in [0.15, 0.2) is 0 Å². The number of amides is 2. The number of nitrogens with zero attached hydrogens (tertiary/aromatic N) is 1. The van der Waals surface area contributed by atoms with Crippen LogP contribution in [0.3, 0.4) is 0 Å². The molecule has 2 aromatic carbocycles. The largest absolute Gasteiger partial charge is 0.464 e. The van der Waals surface area contributed by atoms with Gasteiger partial charge in [-0.2, -0.15) is 0 Å². The summed E-state index contributed by atoms with van der Waals surface area (Å²) in [5.74, 6) is -0.0789. The van der Waals surface area contributed by atoms with E-state index in [1.165, 1.54) is 11.3 Å². The summed E-state index contributed by atoms with van der Waals surface area (Å²) in [5.41, 5.74) is 2.61. The number of hydrogen-bond donors (Lipinski definition) is 2. The van der Waals surface area contributed by atoms with Crippen LogP contribution in [0.25, 0.3) is 21.4 Å². The van der Waals surface area contributed by atoms with E-state index in [4.69, 9.17) is 4.42 Å². The van der Waals surface area contributed by atoms with Crippen molar-refractivity contribution in [3.8, 4) is 10.4 Å². The SMILES string of the molecule is Cc1nc(C(=O)N[C@H](CNC(=O)c2cccc3occc23)CC(C)C)c(-c2ccccc2)s1. The van der Waals surface area contributed by atoms with Crippen LogP contribution in [-0.4, -0.2) is 29.4 Å². The fourth-order valence-corrected chi connectivity index (χ4v) is 4.81. The summed E-state index contributed by atoms with van der Waals surface area (Å²) in [6, 6.07) is 16.8. The third kappa shape index (κ3) is 5.31. The number of rotatable bonds is 8. The first-order valence-corrected chi connectivity index (χ1v) is 11.8. The summed E-state index contributed by atoms with van der Waals surface area (Å²) in [6.07, 6.45) is 2.30. The molecule has 2 N–H and O–H groups in total. The average Bonchev–Trinajstić information content (AvgIpc) is 3.44. The molecule has 0 fully saturated rings. The number of carbonyl (C=O) groups excluding carboxylic acids is 2. The summed E-state index contributed by atoms with van der Waals surface area (Å²) in [5, 5.41) is 7.68. The molecule has 33 heavy (non-hydrogen) atoms. The third-order valence-electron chi connectivity index (χ3n) is 5.33. The van der Waals surface area contributed by atoms with E-state index in [-0.39, 0.29) is 17.9 Å². The van der Waals surface area contributed by atoms with Crippen molar-refractivity contribution >= 4 is 34.1 Å². The second-order valence-corrected chi connectivity index (χ2v) is 9.63. The molecule has 170 valence electrons. The number of nitrogens with one attached hydrogen (secondary N) is 2. The highest BCUT2D eigenvalue weighted by molar-refractivity contribution is 7.15. The van der Waals surface area contributed by atoms with Gasteiger partial charge in [-0.3, -0.25) is 9.59 Å². The molecule has 2 heterocycles. The van der Waals surface area contributed by atoms with E-state index in [2.05, 4.69) is 29.5 Å². The molecule has 2 aromatic heterocycles. The molecule has 1 atom stereocenters. The molecule has 4 aromatic rings. The molecule has 7 heteroatoms. The topological polar surface area (TPSA) is 84.2 Å². The maximum Gasteiger partial charge on any atom is 0.271 e. The van der Waals surface area contributed by atoms with Gasteiger partial charge in [0.05, 0.1) is 21.7 Å². The number of benzene rings is 2. The Hall–Kier alpha value is -3.45. The van der Waals surface area contributed by atoms with E-state index >= 15 is 0 Å². The van der Waals surface area contributed by atoms with Crippen LogP contribution < -0.4 is 10.6 Å². The van der Waals surface area contributed by atoms with E-state index in [0.717, 1.165) is 27.3 Å². The number of aryl methyl sites for hydroxylation is 1.